The van der Waals surface area contributed by atoms with Crippen molar-refractivity contribution in [2.45, 2.75) is 25.7 Å². The van der Waals surface area contributed by atoms with E-state index in [1.165, 1.54) is 11.1 Å². The third kappa shape index (κ3) is 4.89. The molecule has 0 aliphatic carbocycles. The molecule has 0 aromatic carbocycles. The van der Waals surface area contributed by atoms with Gasteiger partial charge < -0.3 is 14.6 Å². The van der Waals surface area contributed by atoms with Crippen molar-refractivity contribution in [2.75, 3.05) is 30.2 Å². The molecule has 1 aromatic heterocycles. The van der Waals surface area contributed by atoms with Gasteiger partial charge in [0.2, 0.25) is 5.82 Å². The van der Waals surface area contributed by atoms with Crippen LogP contribution >= 0.6 is 0 Å². The lowest BCUT2D eigenvalue weighted by Gasteiger charge is -2.27. The van der Waals surface area contributed by atoms with Gasteiger partial charge in [-0.2, -0.15) is 0 Å². The molecule has 0 spiro atoms. The first-order valence-electron chi connectivity index (χ1n) is 7.14. The fourth-order valence-electron chi connectivity index (χ4n) is 1.81. The second kappa shape index (κ2) is 6.92. The number of aromatic nitrogens is 2. The number of nitrogens with zero attached hydrogens (tertiary/aromatic N) is 3. The average molecular weight is 340 g/mol. The van der Waals surface area contributed by atoms with Crippen LogP contribution in [0.2, 0.25) is 25.7 Å². The summed E-state index contributed by atoms with van der Waals surface area (Å²) in [6.45, 7) is 7.15. The smallest absolute Gasteiger partial charge is 0.410 e. The van der Waals surface area contributed by atoms with E-state index in [-0.39, 0.29) is 36.8 Å². The fraction of sp³-hybridized carbons (Fsp3) is 0.538. The maximum atomic E-state index is 12.0. The van der Waals surface area contributed by atoms with Crippen LogP contribution in [0.25, 0.3) is 0 Å². The summed E-state index contributed by atoms with van der Waals surface area (Å²) in [7, 11) is -1.22. The van der Waals surface area contributed by atoms with Gasteiger partial charge in [-0.3, -0.25) is 15.0 Å². The zero-order chi connectivity index (χ0) is 17.0. The Balaban J connectivity index is 2.08. The average Bonchev–Trinajstić information content (AvgIpc) is 2.43. The van der Waals surface area contributed by atoms with Crippen LogP contribution in [0, 0.1) is 0 Å². The number of fused-ring (bicyclic) bond motifs is 1. The molecule has 126 valence electrons. The van der Waals surface area contributed by atoms with Crippen molar-refractivity contribution in [3.63, 3.8) is 0 Å². The Morgan fingerprint density at radius 1 is 1.52 bits per heavy atom. The SMILES string of the molecule is C[Si](C)(C)CCOCN1C(=O)COc2ncc(NC(=O)O)nc21. The number of nitrogens with one attached hydrogen (secondary N) is 1. The Bertz CT molecular complexity index is 605. The van der Waals surface area contributed by atoms with Crippen molar-refractivity contribution in [3.8, 4) is 5.88 Å². The number of ether oxygens (including phenoxy) is 2. The predicted octanol–water partition coefficient (Wildman–Crippen LogP) is 1.60. The number of carbonyl (C=O) groups excluding carboxylic acids is 1. The maximum Gasteiger partial charge on any atom is 0.410 e. The molecule has 1 aliphatic heterocycles. The van der Waals surface area contributed by atoms with E-state index in [1.807, 2.05) is 0 Å². The number of hydrogen-bond donors (Lipinski definition) is 2. The summed E-state index contributed by atoms with van der Waals surface area (Å²) in [6.07, 6.45) is -0.0345. The molecule has 1 aromatic rings. The second-order valence-electron chi connectivity index (χ2n) is 6.27. The van der Waals surface area contributed by atoms with Gasteiger partial charge in [-0.15, -0.1) is 0 Å². The van der Waals surface area contributed by atoms with E-state index < -0.39 is 14.2 Å². The molecule has 2 N–H and O–H groups in total. The standard InChI is InChI=1S/C13H20N4O5Si/c1-23(2,3)5-4-21-8-17-10(18)7-22-12-11(17)15-9(6-14-12)16-13(19)20/h6H,4-5,7-8H2,1-3H3,(H,15,16)(H,19,20). The lowest BCUT2D eigenvalue weighted by molar-refractivity contribution is -0.122. The van der Waals surface area contributed by atoms with Gasteiger partial charge in [-0.1, -0.05) is 19.6 Å². The quantitative estimate of drug-likeness (QED) is 0.597. The van der Waals surface area contributed by atoms with Gasteiger partial charge in [0.05, 0.1) is 6.20 Å². The summed E-state index contributed by atoms with van der Waals surface area (Å²) < 4.78 is 10.8. The molecule has 1 aliphatic rings. The molecule has 2 heterocycles. The first-order chi connectivity index (χ1) is 10.8. The van der Waals surface area contributed by atoms with E-state index in [1.54, 1.807) is 0 Å². The van der Waals surface area contributed by atoms with Crippen LogP contribution in [0.1, 0.15) is 0 Å². The first-order valence-corrected chi connectivity index (χ1v) is 10.8. The van der Waals surface area contributed by atoms with Crippen molar-refractivity contribution in [2.24, 2.45) is 0 Å². The van der Waals surface area contributed by atoms with Gasteiger partial charge in [0.25, 0.3) is 11.8 Å². The van der Waals surface area contributed by atoms with E-state index in [4.69, 9.17) is 14.6 Å². The van der Waals surface area contributed by atoms with Crippen LogP contribution in [0.15, 0.2) is 6.20 Å². The van der Waals surface area contributed by atoms with E-state index in [0.717, 1.165) is 6.04 Å². The third-order valence-corrected chi connectivity index (χ3v) is 4.77. The Labute approximate surface area is 134 Å². The van der Waals surface area contributed by atoms with Crippen molar-refractivity contribution in [3.05, 3.63) is 6.20 Å². The molecular weight excluding hydrogens is 320 g/mol. The highest BCUT2D eigenvalue weighted by atomic mass is 28.3. The molecule has 10 heteroatoms. The number of carboxylic acid groups (broad SMARTS) is 1. The molecular formula is C13H20N4O5Si. The molecule has 9 nitrogen and oxygen atoms in total. The topological polar surface area (TPSA) is 114 Å². The highest BCUT2D eigenvalue weighted by molar-refractivity contribution is 6.76. The Morgan fingerprint density at radius 3 is 2.91 bits per heavy atom. The Hall–Kier alpha value is -2.20. The zero-order valence-electron chi connectivity index (χ0n) is 13.3. The third-order valence-electron chi connectivity index (χ3n) is 3.06. The molecule has 23 heavy (non-hydrogen) atoms. The number of carbonyl (C=O) groups is 2. The van der Waals surface area contributed by atoms with Crippen LogP contribution in [-0.2, 0) is 9.53 Å². The van der Waals surface area contributed by atoms with E-state index in [0.29, 0.717) is 6.61 Å². The Kier molecular flexibility index (Phi) is 5.16. The molecule has 0 saturated carbocycles. The van der Waals surface area contributed by atoms with Crippen molar-refractivity contribution < 1.29 is 24.2 Å². The second-order valence-corrected chi connectivity index (χ2v) is 11.9. The van der Waals surface area contributed by atoms with Crippen LogP contribution in [0.4, 0.5) is 16.4 Å². The maximum absolute atomic E-state index is 12.0. The molecule has 0 unspecified atom stereocenters. The lowest BCUT2D eigenvalue weighted by atomic mass is 10.4. The van der Waals surface area contributed by atoms with E-state index in [9.17, 15) is 9.59 Å². The number of amides is 2. The van der Waals surface area contributed by atoms with E-state index >= 15 is 0 Å². The molecule has 0 bridgehead atoms. The lowest BCUT2D eigenvalue weighted by Crippen LogP contribution is -2.41. The van der Waals surface area contributed by atoms with Crippen LogP contribution in [0.3, 0.4) is 0 Å². The fourth-order valence-corrected chi connectivity index (χ4v) is 2.57. The molecule has 0 atom stereocenters. The normalized spacial score (nSPS) is 14.2. The monoisotopic (exact) mass is 340 g/mol. The zero-order valence-corrected chi connectivity index (χ0v) is 14.3. The summed E-state index contributed by atoms with van der Waals surface area (Å²) in [5, 5.41) is 10.8. The van der Waals surface area contributed by atoms with Crippen molar-refractivity contribution in [1.29, 1.82) is 0 Å². The minimum absolute atomic E-state index is 0.0154. The summed E-state index contributed by atoms with van der Waals surface area (Å²) in [5.41, 5.74) is 0. The summed E-state index contributed by atoms with van der Waals surface area (Å²) in [6, 6.07) is 0.977. The number of rotatable bonds is 6. The van der Waals surface area contributed by atoms with Gasteiger partial charge in [-0.05, 0) is 6.04 Å². The minimum Gasteiger partial charge on any atom is -0.465 e. The molecule has 0 saturated heterocycles. The van der Waals surface area contributed by atoms with Gasteiger partial charge in [0.15, 0.2) is 12.4 Å². The summed E-state index contributed by atoms with van der Waals surface area (Å²) in [4.78, 5) is 32.0. The van der Waals surface area contributed by atoms with Crippen LogP contribution < -0.4 is 15.0 Å². The number of anilines is 2. The van der Waals surface area contributed by atoms with E-state index in [2.05, 4.69) is 34.9 Å². The van der Waals surface area contributed by atoms with Gasteiger partial charge in [0.1, 0.15) is 6.73 Å². The highest BCUT2D eigenvalue weighted by Gasteiger charge is 2.29. The molecule has 0 fully saturated rings. The minimum atomic E-state index is -1.26. The molecule has 2 rings (SSSR count). The highest BCUT2D eigenvalue weighted by Crippen LogP contribution is 2.28. The number of hydrogen-bond acceptors (Lipinski definition) is 6. The van der Waals surface area contributed by atoms with Crippen molar-refractivity contribution in [1.82, 2.24) is 9.97 Å². The van der Waals surface area contributed by atoms with Gasteiger partial charge in [-0.25, -0.2) is 14.8 Å². The molecule has 2 amide bonds. The molecule has 0 radical (unpaired) electrons. The van der Waals surface area contributed by atoms with Gasteiger partial charge in [0, 0.05) is 14.7 Å². The Morgan fingerprint density at radius 2 is 2.26 bits per heavy atom. The van der Waals surface area contributed by atoms with Gasteiger partial charge >= 0.3 is 6.09 Å². The first kappa shape index (κ1) is 17.2. The van der Waals surface area contributed by atoms with Crippen LogP contribution in [0.5, 0.6) is 5.88 Å². The predicted molar refractivity (Wildman–Crippen MR) is 85.6 cm³/mol. The van der Waals surface area contributed by atoms with Crippen molar-refractivity contribution >= 4 is 31.7 Å². The largest absolute Gasteiger partial charge is 0.465 e. The summed E-state index contributed by atoms with van der Waals surface area (Å²) in [5.74, 6) is 0.0313. The van der Waals surface area contributed by atoms with Crippen LogP contribution in [-0.4, -0.2) is 55.1 Å². The summed E-state index contributed by atoms with van der Waals surface area (Å²) >= 11 is 0.